The van der Waals surface area contributed by atoms with Gasteiger partial charge in [0.25, 0.3) is 5.91 Å². The summed E-state index contributed by atoms with van der Waals surface area (Å²) in [6.07, 6.45) is 0. The molecule has 1 aromatic heterocycles. The molecule has 2 rings (SSSR count). The standard InChI is InChI=1S/C11H10BrNOS/c1-13(2)11(14)9-6-15-10-4-3-7(12)5-8(9)10/h3-6H,1-2H3. The quantitative estimate of drug-likeness (QED) is 0.786. The van der Waals surface area contributed by atoms with Gasteiger partial charge in [-0.05, 0) is 18.2 Å². The first-order valence-corrected chi connectivity index (χ1v) is 6.15. The summed E-state index contributed by atoms with van der Waals surface area (Å²) in [6, 6.07) is 6.00. The molecule has 0 atom stereocenters. The van der Waals surface area contributed by atoms with Gasteiger partial charge in [0, 0.05) is 34.0 Å². The molecule has 2 aromatic rings. The van der Waals surface area contributed by atoms with E-state index in [4.69, 9.17) is 0 Å². The van der Waals surface area contributed by atoms with Crippen LogP contribution in [0.4, 0.5) is 0 Å². The van der Waals surface area contributed by atoms with E-state index < -0.39 is 0 Å². The SMILES string of the molecule is CN(C)C(=O)c1csc2ccc(Br)cc12. The van der Waals surface area contributed by atoms with Crippen molar-refractivity contribution < 1.29 is 4.79 Å². The maximum Gasteiger partial charge on any atom is 0.254 e. The van der Waals surface area contributed by atoms with Crippen LogP contribution in [0.5, 0.6) is 0 Å². The van der Waals surface area contributed by atoms with Crippen LogP contribution in [-0.4, -0.2) is 24.9 Å². The van der Waals surface area contributed by atoms with Gasteiger partial charge in [0.15, 0.2) is 0 Å². The molecule has 0 fully saturated rings. The molecule has 0 saturated carbocycles. The predicted molar refractivity (Wildman–Crippen MR) is 67.5 cm³/mol. The molecule has 1 heterocycles. The molecule has 0 aliphatic rings. The molecule has 0 spiro atoms. The van der Waals surface area contributed by atoms with Crippen LogP contribution in [-0.2, 0) is 0 Å². The molecule has 1 aromatic carbocycles. The van der Waals surface area contributed by atoms with E-state index in [1.54, 1.807) is 30.3 Å². The Labute approximate surface area is 101 Å². The minimum atomic E-state index is 0.0550. The number of nitrogens with zero attached hydrogens (tertiary/aromatic N) is 1. The maximum atomic E-state index is 11.8. The first kappa shape index (κ1) is 10.6. The molecule has 0 saturated heterocycles. The van der Waals surface area contributed by atoms with Gasteiger partial charge in [-0.1, -0.05) is 15.9 Å². The van der Waals surface area contributed by atoms with Gasteiger partial charge in [0.2, 0.25) is 0 Å². The Kier molecular flexibility index (Phi) is 2.80. The zero-order valence-corrected chi connectivity index (χ0v) is 10.9. The number of carbonyl (C=O) groups excluding carboxylic acids is 1. The Bertz CT molecular complexity index is 518. The first-order valence-electron chi connectivity index (χ1n) is 4.48. The molecule has 0 N–H and O–H groups in total. The van der Waals surface area contributed by atoms with Crippen molar-refractivity contribution >= 4 is 43.3 Å². The van der Waals surface area contributed by atoms with Crippen LogP contribution in [0.3, 0.4) is 0 Å². The number of carbonyl (C=O) groups is 1. The predicted octanol–water partition coefficient (Wildman–Crippen LogP) is 3.37. The minimum Gasteiger partial charge on any atom is -0.345 e. The molecule has 0 aliphatic heterocycles. The average Bonchev–Trinajstić information content (AvgIpc) is 2.59. The number of amides is 1. The summed E-state index contributed by atoms with van der Waals surface area (Å²) in [4.78, 5) is 13.4. The lowest BCUT2D eigenvalue weighted by molar-refractivity contribution is 0.0830. The fraction of sp³-hybridized carbons (Fsp3) is 0.182. The van der Waals surface area contributed by atoms with Gasteiger partial charge in [-0.25, -0.2) is 0 Å². The molecule has 0 aliphatic carbocycles. The summed E-state index contributed by atoms with van der Waals surface area (Å²) in [5, 5.41) is 2.94. The van der Waals surface area contributed by atoms with Crippen LogP contribution >= 0.6 is 27.3 Å². The molecular formula is C11H10BrNOS. The van der Waals surface area contributed by atoms with Gasteiger partial charge in [0.05, 0.1) is 5.56 Å². The van der Waals surface area contributed by atoms with Crippen molar-refractivity contribution in [1.29, 1.82) is 0 Å². The number of hydrogen-bond acceptors (Lipinski definition) is 2. The van der Waals surface area contributed by atoms with Crippen LogP contribution in [0.25, 0.3) is 10.1 Å². The molecule has 4 heteroatoms. The monoisotopic (exact) mass is 283 g/mol. The third-order valence-corrected chi connectivity index (χ3v) is 3.63. The number of rotatable bonds is 1. The number of hydrogen-bond donors (Lipinski definition) is 0. The lowest BCUT2D eigenvalue weighted by Gasteiger charge is -2.08. The Morgan fingerprint density at radius 3 is 2.80 bits per heavy atom. The average molecular weight is 284 g/mol. The summed E-state index contributed by atoms with van der Waals surface area (Å²) >= 11 is 5.02. The molecular weight excluding hydrogens is 274 g/mol. The second-order valence-corrected chi connectivity index (χ2v) is 5.32. The highest BCUT2D eigenvalue weighted by molar-refractivity contribution is 9.10. The largest absolute Gasteiger partial charge is 0.345 e. The van der Waals surface area contributed by atoms with Gasteiger partial charge < -0.3 is 4.90 Å². The van der Waals surface area contributed by atoms with E-state index in [1.807, 2.05) is 23.6 Å². The highest BCUT2D eigenvalue weighted by Crippen LogP contribution is 2.29. The van der Waals surface area contributed by atoms with E-state index in [-0.39, 0.29) is 5.91 Å². The Morgan fingerprint density at radius 1 is 1.40 bits per heavy atom. The van der Waals surface area contributed by atoms with E-state index in [1.165, 1.54) is 0 Å². The minimum absolute atomic E-state index is 0.0550. The number of thiophene rings is 1. The summed E-state index contributed by atoms with van der Waals surface area (Å²) in [5.74, 6) is 0.0550. The summed E-state index contributed by atoms with van der Waals surface area (Å²) in [7, 11) is 3.54. The molecule has 0 bridgehead atoms. The number of halogens is 1. The van der Waals surface area contributed by atoms with E-state index >= 15 is 0 Å². The Hall–Kier alpha value is -0.870. The molecule has 0 radical (unpaired) electrons. The smallest absolute Gasteiger partial charge is 0.254 e. The topological polar surface area (TPSA) is 20.3 Å². The number of fused-ring (bicyclic) bond motifs is 1. The second-order valence-electron chi connectivity index (χ2n) is 3.49. The summed E-state index contributed by atoms with van der Waals surface area (Å²) < 4.78 is 2.14. The van der Waals surface area contributed by atoms with Crippen molar-refractivity contribution in [3.8, 4) is 0 Å². The van der Waals surface area contributed by atoms with Crippen LogP contribution in [0.2, 0.25) is 0 Å². The van der Waals surface area contributed by atoms with Crippen LogP contribution in [0, 0.1) is 0 Å². The van der Waals surface area contributed by atoms with E-state index in [0.717, 1.165) is 20.1 Å². The highest BCUT2D eigenvalue weighted by atomic mass is 79.9. The van der Waals surface area contributed by atoms with E-state index in [9.17, 15) is 4.79 Å². The summed E-state index contributed by atoms with van der Waals surface area (Å²) in [6.45, 7) is 0. The molecule has 2 nitrogen and oxygen atoms in total. The van der Waals surface area contributed by atoms with Gasteiger partial charge in [-0.15, -0.1) is 11.3 Å². The first-order chi connectivity index (χ1) is 7.09. The van der Waals surface area contributed by atoms with Gasteiger partial charge >= 0.3 is 0 Å². The third kappa shape index (κ3) is 1.92. The van der Waals surface area contributed by atoms with E-state index in [0.29, 0.717) is 0 Å². The van der Waals surface area contributed by atoms with Crippen molar-refractivity contribution in [2.45, 2.75) is 0 Å². The van der Waals surface area contributed by atoms with E-state index in [2.05, 4.69) is 15.9 Å². The van der Waals surface area contributed by atoms with Crippen LogP contribution in [0.1, 0.15) is 10.4 Å². The lowest BCUT2D eigenvalue weighted by Crippen LogP contribution is -2.21. The van der Waals surface area contributed by atoms with Crippen molar-refractivity contribution in [2.24, 2.45) is 0 Å². The van der Waals surface area contributed by atoms with Crippen molar-refractivity contribution in [2.75, 3.05) is 14.1 Å². The van der Waals surface area contributed by atoms with Crippen molar-refractivity contribution in [1.82, 2.24) is 4.90 Å². The molecule has 1 amide bonds. The summed E-state index contributed by atoms with van der Waals surface area (Å²) in [5.41, 5.74) is 0.779. The normalized spacial score (nSPS) is 10.6. The third-order valence-electron chi connectivity index (χ3n) is 2.17. The van der Waals surface area contributed by atoms with Gasteiger partial charge in [-0.3, -0.25) is 4.79 Å². The maximum absolute atomic E-state index is 11.8. The zero-order chi connectivity index (χ0) is 11.0. The molecule has 0 unspecified atom stereocenters. The Balaban J connectivity index is 2.62. The fourth-order valence-corrected chi connectivity index (χ4v) is 2.68. The number of benzene rings is 1. The van der Waals surface area contributed by atoms with Crippen molar-refractivity contribution in [3.05, 3.63) is 33.6 Å². The zero-order valence-electron chi connectivity index (χ0n) is 8.45. The lowest BCUT2D eigenvalue weighted by atomic mass is 10.1. The molecule has 78 valence electrons. The molecule has 15 heavy (non-hydrogen) atoms. The second kappa shape index (κ2) is 3.94. The van der Waals surface area contributed by atoms with Gasteiger partial charge in [0.1, 0.15) is 0 Å². The van der Waals surface area contributed by atoms with Gasteiger partial charge in [-0.2, -0.15) is 0 Å². The Morgan fingerprint density at radius 2 is 2.13 bits per heavy atom. The highest BCUT2D eigenvalue weighted by Gasteiger charge is 2.13. The van der Waals surface area contributed by atoms with Crippen molar-refractivity contribution in [3.63, 3.8) is 0 Å². The van der Waals surface area contributed by atoms with Crippen LogP contribution < -0.4 is 0 Å². The fourth-order valence-electron chi connectivity index (χ4n) is 1.41. The van der Waals surface area contributed by atoms with Crippen LogP contribution in [0.15, 0.2) is 28.1 Å².